The molecule has 2 rings (SSSR count). The number of nitrogens with one attached hydrogen (secondary N) is 1. The van der Waals surface area contributed by atoms with E-state index in [-0.39, 0.29) is 18.1 Å². The number of fused-ring (bicyclic) bond motifs is 1. The molecule has 2 aromatic rings. The molecule has 0 bridgehead atoms. The molecular formula is C17H22N2O4. The number of carbonyl (C=O) groups excluding carboxylic acids is 1. The van der Waals surface area contributed by atoms with Gasteiger partial charge in [-0.3, -0.25) is 9.59 Å². The maximum absolute atomic E-state index is 12.4. The summed E-state index contributed by atoms with van der Waals surface area (Å²) < 4.78 is 12.2. The molecule has 1 amide bonds. The SMILES string of the molecule is CCCNC(=O)COc1cccc2c(=O)n(CCOC)ccc12. The van der Waals surface area contributed by atoms with E-state index in [1.165, 1.54) is 0 Å². The lowest BCUT2D eigenvalue weighted by Gasteiger charge is -2.11. The molecule has 0 saturated heterocycles. The van der Waals surface area contributed by atoms with E-state index in [0.717, 1.165) is 6.42 Å². The summed E-state index contributed by atoms with van der Waals surface area (Å²) in [7, 11) is 1.60. The lowest BCUT2D eigenvalue weighted by Crippen LogP contribution is -2.29. The number of carbonyl (C=O) groups is 1. The highest BCUT2D eigenvalue weighted by molar-refractivity contribution is 5.88. The molecule has 23 heavy (non-hydrogen) atoms. The maximum Gasteiger partial charge on any atom is 0.258 e. The Balaban J connectivity index is 2.20. The molecule has 0 unspecified atom stereocenters. The molecule has 1 aromatic heterocycles. The van der Waals surface area contributed by atoms with Gasteiger partial charge in [0.1, 0.15) is 5.75 Å². The average Bonchev–Trinajstić information content (AvgIpc) is 2.57. The molecule has 6 nitrogen and oxygen atoms in total. The zero-order valence-corrected chi connectivity index (χ0v) is 13.5. The van der Waals surface area contributed by atoms with Crippen LogP contribution in [0, 0.1) is 0 Å². The lowest BCUT2D eigenvalue weighted by molar-refractivity contribution is -0.123. The minimum Gasteiger partial charge on any atom is -0.483 e. The number of amides is 1. The van der Waals surface area contributed by atoms with E-state index in [4.69, 9.17) is 9.47 Å². The number of ether oxygens (including phenoxy) is 2. The van der Waals surface area contributed by atoms with Gasteiger partial charge in [-0.1, -0.05) is 13.0 Å². The molecule has 1 N–H and O–H groups in total. The second-order valence-corrected chi connectivity index (χ2v) is 5.16. The summed E-state index contributed by atoms with van der Waals surface area (Å²) in [5.41, 5.74) is -0.0968. The number of hydrogen-bond donors (Lipinski definition) is 1. The lowest BCUT2D eigenvalue weighted by atomic mass is 10.1. The molecule has 0 spiro atoms. The van der Waals surface area contributed by atoms with Crippen LogP contribution < -0.4 is 15.6 Å². The predicted molar refractivity (Wildman–Crippen MR) is 88.9 cm³/mol. The van der Waals surface area contributed by atoms with Crippen LogP contribution in [0.25, 0.3) is 10.8 Å². The van der Waals surface area contributed by atoms with E-state index < -0.39 is 0 Å². The maximum atomic E-state index is 12.4. The van der Waals surface area contributed by atoms with Crippen molar-refractivity contribution in [3.8, 4) is 5.75 Å². The number of hydrogen-bond acceptors (Lipinski definition) is 4. The first-order valence-electron chi connectivity index (χ1n) is 7.68. The first kappa shape index (κ1) is 17.0. The molecule has 124 valence electrons. The van der Waals surface area contributed by atoms with E-state index in [9.17, 15) is 9.59 Å². The largest absolute Gasteiger partial charge is 0.483 e. The van der Waals surface area contributed by atoms with Gasteiger partial charge in [0.25, 0.3) is 11.5 Å². The smallest absolute Gasteiger partial charge is 0.258 e. The van der Waals surface area contributed by atoms with Gasteiger partial charge in [-0.15, -0.1) is 0 Å². The van der Waals surface area contributed by atoms with Crippen LogP contribution in [0.4, 0.5) is 0 Å². The number of methoxy groups -OCH3 is 1. The van der Waals surface area contributed by atoms with Crippen molar-refractivity contribution in [3.05, 3.63) is 40.8 Å². The fourth-order valence-electron chi connectivity index (χ4n) is 2.24. The van der Waals surface area contributed by atoms with Crippen LogP contribution in [0.2, 0.25) is 0 Å². The monoisotopic (exact) mass is 318 g/mol. The summed E-state index contributed by atoms with van der Waals surface area (Å²) in [5, 5.41) is 4.02. The zero-order valence-electron chi connectivity index (χ0n) is 13.5. The zero-order chi connectivity index (χ0) is 16.7. The minimum absolute atomic E-state index is 0.0636. The molecule has 1 heterocycles. The summed E-state index contributed by atoms with van der Waals surface area (Å²) >= 11 is 0. The van der Waals surface area contributed by atoms with Crippen LogP contribution in [0.1, 0.15) is 13.3 Å². The third-order valence-corrected chi connectivity index (χ3v) is 3.45. The number of aromatic nitrogens is 1. The number of rotatable bonds is 8. The van der Waals surface area contributed by atoms with Gasteiger partial charge in [0, 0.05) is 31.8 Å². The van der Waals surface area contributed by atoms with Gasteiger partial charge in [-0.05, 0) is 24.6 Å². The molecule has 0 aliphatic heterocycles. The van der Waals surface area contributed by atoms with Crippen molar-refractivity contribution in [2.24, 2.45) is 0 Å². The minimum atomic E-state index is -0.169. The Labute approximate surface area is 135 Å². The first-order chi connectivity index (χ1) is 11.2. The quantitative estimate of drug-likeness (QED) is 0.802. The van der Waals surface area contributed by atoms with Crippen molar-refractivity contribution >= 4 is 16.7 Å². The van der Waals surface area contributed by atoms with Crippen molar-refractivity contribution in [3.63, 3.8) is 0 Å². The van der Waals surface area contributed by atoms with Crippen LogP contribution in [0.3, 0.4) is 0 Å². The Morgan fingerprint density at radius 1 is 1.26 bits per heavy atom. The molecule has 0 saturated carbocycles. The summed E-state index contributed by atoms with van der Waals surface area (Å²) in [6.07, 6.45) is 2.59. The van der Waals surface area contributed by atoms with Crippen molar-refractivity contribution < 1.29 is 14.3 Å². The van der Waals surface area contributed by atoms with Gasteiger partial charge in [-0.25, -0.2) is 0 Å². The van der Waals surface area contributed by atoms with Crippen LogP contribution in [-0.2, 0) is 16.1 Å². The fourth-order valence-corrected chi connectivity index (χ4v) is 2.24. The van der Waals surface area contributed by atoms with E-state index in [2.05, 4.69) is 5.32 Å². The van der Waals surface area contributed by atoms with Gasteiger partial charge in [0.2, 0.25) is 0 Å². The summed E-state index contributed by atoms with van der Waals surface area (Å²) in [4.78, 5) is 24.1. The van der Waals surface area contributed by atoms with E-state index >= 15 is 0 Å². The standard InChI is InChI=1S/C17H22N2O4/c1-3-8-18-16(20)12-23-15-6-4-5-14-13(15)7-9-19(17(14)21)10-11-22-2/h4-7,9H,3,8,10-12H2,1-2H3,(H,18,20). The second-order valence-electron chi connectivity index (χ2n) is 5.16. The average molecular weight is 318 g/mol. The topological polar surface area (TPSA) is 69.6 Å². The number of pyridine rings is 1. The Morgan fingerprint density at radius 2 is 2.09 bits per heavy atom. The highest BCUT2D eigenvalue weighted by atomic mass is 16.5. The Kier molecular flexibility index (Phi) is 6.17. The predicted octanol–water partition coefficient (Wildman–Crippen LogP) is 1.55. The highest BCUT2D eigenvalue weighted by Gasteiger charge is 2.09. The number of benzene rings is 1. The van der Waals surface area contributed by atoms with Crippen molar-refractivity contribution in [2.45, 2.75) is 19.9 Å². The fraction of sp³-hybridized carbons (Fsp3) is 0.412. The Bertz CT molecular complexity index is 724. The molecule has 0 atom stereocenters. The first-order valence-corrected chi connectivity index (χ1v) is 7.68. The third-order valence-electron chi connectivity index (χ3n) is 3.45. The molecular weight excluding hydrogens is 296 g/mol. The van der Waals surface area contributed by atoms with Gasteiger partial charge < -0.3 is 19.4 Å². The van der Waals surface area contributed by atoms with Crippen molar-refractivity contribution in [1.29, 1.82) is 0 Å². The second kappa shape index (κ2) is 8.33. The number of nitrogens with zero attached hydrogens (tertiary/aromatic N) is 1. The molecule has 0 aliphatic rings. The van der Waals surface area contributed by atoms with E-state index in [0.29, 0.717) is 36.2 Å². The summed E-state index contributed by atoms with van der Waals surface area (Å²) in [6.45, 7) is 3.52. The Hall–Kier alpha value is -2.34. The molecule has 0 radical (unpaired) electrons. The molecule has 6 heteroatoms. The third kappa shape index (κ3) is 4.32. The molecule has 1 aromatic carbocycles. The van der Waals surface area contributed by atoms with E-state index in [1.54, 1.807) is 36.1 Å². The molecule has 0 aliphatic carbocycles. The van der Waals surface area contributed by atoms with Crippen LogP contribution in [0.5, 0.6) is 5.75 Å². The van der Waals surface area contributed by atoms with Crippen LogP contribution >= 0.6 is 0 Å². The van der Waals surface area contributed by atoms with E-state index in [1.807, 2.05) is 13.0 Å². The Morgan fingerprint density at radius 3 is 2.83 bits per heavy atom. The summed E-state index contributed by atoms with van der Waals surface area (Å²) in [6, 6.07) is 7.09. The molecule has 0 fully saturated rings. The highest BCUT2D eigenvalue weighted by Crippen LogP contribution is 2.22. The summed E-state index contributed by atoms with van der Waals surface area (Å²) in [5.74, 6) is 0.363. The van der Waals surface area contributed by atoms with Crippen molar-refractivity contribution in [2.75, 3.05) is 26.9 Å². The van der Waals surface area contributed by atoms with Crippen LogP contribution in [0.15, 0.2) is 35.3 Å². The van der Waals surface area contributed by atoms with Gasteiger partial charge >= 0.3 is 0 Å². The normalized spacial score (nSPS) is 10.7. The van der Waals surface area contributed by atoms with Gasteiger partial charge in [0.05, 0.1) is 12.0 Å². The van der Waals surface area contributed by atoms with Gasteiger partial charge in [0.15, 0.2) is 6.61 Å². The van der Waals surface area contributed by atoms with Gasteiger partial charge in [-0.2, -0.15) is 0 Å². The van der Waals surface area contributed by atoms with Crippen LogP contribution in [-0.4, -0.2) is 37.3 Å². The van der Waals surface area contributed by atoms with Crippen molar-refractivity contribution in [1.82, 2.24) is 9.88 Å².